The first-order valence-electron chi connectivity index (χ1n) is 7.51. The van der Waals surface area contributed by atoms with E-state index in [2.05, 4.69) is 31.2 Å². The summed E-state index contributed by atoms with van der Waals surface area (Å²) in [5, 5.41) is 12.4. The molecule has 1 N–H and O–H groups in total. The topological polar surface area (TPSA) is 87.0 Å². The zero-order valence-electron chi connectivity index (χ0n) is 12.9. The second-order valence-electron chi connectivity index (χ2n) is 5.39. The van der Waals surface area contributed by atoms with E-state index in [0.29, 0.717) is 29.1 Å². The van der Waals surface area contributed by atoms with Crippen LogP contribution in [0.1, 0.15) is 12.0 Å². The average Bonchev–Trinajstić information content (AvgIpc) is 3.09. The van der Waals surface area contributed by atoms with E-state index >= 15 is 0 Å². The highest BCUT2D eigenvalue weighted by Gasteiger charge is 2.24. The van der Waals surface area contributed by atoms with Gasteiger partial charge in [0.2, 0.25) is 11.8 Å². The summed E-state index contributed by atoms with van der Waals surface area (Å²) >= 11 is 0. The Kier molecular flexibility index (Phi) is 4.52. The van der Waals surface area contributed by atoms with E-state index in [-0.39, 0.29) is 0 Å². The van der Waals surface area contributed by atoms with Crippen molar-refractivity contribution >= 4 is 11.8 Å². The number of anilines is 2. The predicted molar refractivity (Wildman–Crippen MR) is 86.3 cm³/mol. The quantitative estimate of drug-likeness (QED) is 0.899. The number of nitrogens with one attached hydrogen (secondary N) is 1. The van der Waals surface area contributed by atoms with Gasteiger partial charge in [0, 0.05) is 38.1 Å². The molecule has 3 rings (SSSR count). The molecule has 1 atom stereocenters. The highest BCUT2D eigenvalue weighted by atomic mass is 16.5. The molecule has 23 heavy (non-hydrogen) atoms. The van der Waals surface area contributed by atoms with Gasteiger partial charge in [-0.05, 0) is 24.5 Å². The first-order chi connectivity index (χ1) is 11.3. The average molecular weight is 310 g/mol. The first kappa shape index (κ1) is 15.0. The minimum atomic E-state index is 0.457. The molecule has 0 aliphatic carbocycles. The normalized spacial score (nSPS) is 16.9. The second kappa shape index (κ2) is 6.92. The van der Waals surface area contributed by atoms with Gasteiger partial charge in [0.1, 0.15) is 11.9 Å². The van der Waals surface area contributed by atoms with Gasteiger partial charge in [0.15, 0.2) is 0 Å². The molecule has 118 valence electrons. The molecular formula is C16H18N6O. The molecular weight excluding hydrogens is 292 g/mol. The van der Waals surface area contributed by atoms with Crippen LogP contribution in [0.25, 0.3) is 0 Å². The second-order valence-corrected chi connectivity index (χ2v) is 5.39. The minimum absolute atomic E-state index is 0.457. The first-order valence-corrected chi connectivity index (χ1v) is 7.51. The maximum Gasteiger partial charge on any atom is 0.228 e. The van der Waals surface area contributed by atoms with Gasteiger partial charge in [-0.15, -0.1) is 0 Å². The number of nitriles is 1. The summed E-state index contributed by atoms with van der Waals surface area (Å²) in [6.45, 7) is 2.55. The standard InChI is InChI=1S/C16H18N6O/c1-23-14-4-7-19-16(21-14)22-8-5-12(11-22)10-20-15-13(9-17)3-2-6-18-15/h2-4,6-7,12H,5,8,10-11H2,1H3,(H,18,20)/t12-/m0/s1. The lowest BCUT2D eigenvalue weighted by Gasteiger charge is -2.17. The van der Waals surface area contributed by atoms with Crippen molar-refractivity contribution in [1.82, 2.24) is 15.0 Å². The Morgan fingerprint density at radius 3 is 3.13 bits per heavy atom. The number of pyridine rings is 1. The summed E-state index contributed by atoms with van der Waals surface area (Å²) < 4.78 is 5.14. The summed E-state index contributed by atoms with van der Waals surface area (Å²) in [5.74, 6) is 2.37. The summed E-state index contributed by atoms with van der Waals surface area (Å²) in [6.07, 6.45) is 4.44. The van der Waals surface area contributed by atoms with Crippen molar-refractivity contribution < 1.29 is 4.74 Å². The molecule has 0 radical (unpaired) electrons. The van der Waals surface area contributed by atoms with Crippen molar-refractivity contribution in [2.75, 3.05) is 37.0 Å². The van der Waals surface area contributed by atoms with Gasteiger partial charge < -0.3 is 15.0 Å². The molecule has 0 amide bonds. The van der Waals surface area contributed by atoms with Crippen molar-refractivity contribution in [3.63, 3.8) is 0 Å². The maximum atomic E-state index is 9.08. The van der Waals surface area contributed by atoms with Crippen LogP contribution < -0.4 is 15.0 Å². The van der Waals surface area contributed by atoms with E-state index in [1.807, 2.05) is 0 Å². The Morgan fingerprint density at radius 2 is 2.30 bits per heavy atom. The Labute approximate surface area is 135 Å². The fourth-order valence-electron chi connectivity index (χ4n) is 2.66. The maximum absolute atomic E-state index is 9.08. The molecule has 0 unspecified atom stereocenters. The summed E-state index contributed by atoms with van der Waals surface area (Å²) in [7, 11) is 1.60. The molecule has 0 bridgehead atoms. The lowest BCUT2D eigenvalue weighted by atomic mass is 10.1. The molecule has 0 spiro atoms. The molecule has 0 saturated carbocycles. The zero-order valence-corrected chi connectivity index (χ0v) is 12.9. The Bertz CT molecular complexity index is 714. The molecule has 3 heterocycles. The Hall–Kier alpha value is -2.88. The van der Waals surface area contributed by atoms with Crippen LogP contribution in [0, 0.1) is 17.2 Å². The van der Waals surface area contributed by atoms with E-state index in [4.69, 9.17) is 10.00 Å². The zero-order chi connectivity index (χ0) is 16.1. The number of hydrogen-bond acceptors (Lipinski definition) is 7. The van der Waals surface area contributed by atoms with E-state index in [1.165, 1.54) is 0 Å². The fourth-order valence-corrected chi connectivity index (χ4v) is 2.66. The van der Waals surface area contributed by atoms with Gasteiger partial charge in [-0.25, -0.2) is 9.97 Å². The van der Waals surface area contributed by atoms with Crippen LogP contribution in [0.15, 0.2) is 30.6 Å². The van der Waals surface area contributed by atoms with Crippen LogP contribution >= 0.6 is 0 Å². The summed E-state index contributed by atoms with van der Waals surface area (Å²) in [6, 6.07) is 7.42. The predicted octanol–water partition coefficient (Wildman–Crippen LogP) is 1.69. The van der Waals surface area contributed by atoms with Crippen LogP contribution in [0.5, 0.6) is 5.88 Å². The third-order valence-electron chi connectivity index (χ3n) is 3.88. The lowest BCUT2D eigenvalue weighted by molar-refractivity contribution is 0.397. The molecule has 0 aromatic carbocycles. The molecule has 7 nitrogen and oxygen atoms in total. The van der Waals surface area contributed by atoms with Crippen molar-refractivity contribution in [1.29, 1.82) is 5.26 Å². The number of nitrogens with zero attached hydrogens (tertiary/aromatic N) is 5. The van der Waals surface area contributed by atoms with Crippen LogP contribution in [-0.2, 0) is 0 Å². The van der Waals surface area contributed by atoms with Crippen LogP contribution in [0.3, 0.4) is 0 Å². The van der Waals surface area contributed by atoms with Gasteiger partial charge in [-0.2, -0.15) is 10.2 Å². The number of ether oxygens (including phenoxy) is 1. The molecule has 1 aliphatic heterocycles. The highest BCUT2D eigenvalue weighted by molar-refractivity contribution is 5.51. The SMILES string of the molecule is COc1ccnc(N2CC[C@@H](CNc3ncccc3C#N)C2)n1. The third kappa shape index (κ3) is 3.48. The Balaban J connectivity index is 1.59. The van der Waals surface area contributed by atoms with Crippen molar-refractivity contribution in [3.8, 4) is 11.9 Å². The van der Waals surface area contributed by atoms with E-state index < -0.39 is 0 Å². The molecule has 2 aromatic rings. The summed E-state index contributed by atoms with van der Waals surface area (Å²) in [4.78, 5) is 15.1. The Morgan fingerprint density at radius 1 is 1.39 bits per heavy atom. The number of aromatic nitrogens is 3. The van der Waals surface area contributed by atoms with E-state index in [0.717, 1.165) is 26.1 Å². The van der Waals surface area contributed by atoms with Gasteiger partial charge in [-0.3, -0.25) is 0 Å². The molecule has 1 fully saturated rings. The minimum Gasteiger partial charge on any atom is -0.481 e. The molecule has 1 aliphatic rings. The van der Waals surface area contributed by atoms with Crippen molar-refractivity contribution in [2.45, 2.75) is 6.42 Å². The number of hydrogen-bond donors (Lipinski definition) is 1. The van der Waals surface area contributed by atoms with Gasteiger partial charge in [-0.1, -0.05) is 0 Å². The van der Waals surface area contributed by atoms with E-state index in [9.17, 15) is 0 Å². The largest absolute Gasteiger partial charge is 0.481 e. The molecule has 1 saturated heterocycles. The van der Waals surface area contributed by atoms with Crippen molar-refractivity contribution in [2.24, 2.45) is 5.92 Å². The number of methoxy groups -OCH3 is 1. The van der Waals surface area contributed by atoms with Gasteiger partial charge in [0.25, 0.3) is 0 Å². The van der Waals surface area contributed by atoms with Crippen LogP contribution in [-0.4, -0.2) is 41.7 Å². The smallest absolute Gasteiger partial charge is 0.228 e. The highest BCUT2D eigenvalue weighted by Crippen LogP contribution is 2.22. The van der Waals surface area contributed by atoms with Crippen LogP contribution in [0.4, 0.5) is 11.8 Å². The number of rotatable bonds is 5. The van der Waals surface area contributed by atoms with E-state index in [1.54, 1.807) is 37.7 Å². The van der Waals surface area contributed by atoms with Crippen molar-refractivity contribution in [3.05, 3.63) is 36.2 Å². The van der Waals surface area contributed by atoms with Gasteiger partial charge in [0.05, 0.1) is 12.7 Å². The lowest BCUT2D eigenvalue weighted by Crippen LogP contribution is -2.24. The monoisotopic (exact) mass is 310 g/mol. The molecule has 2 aromatic heterocycles. The summed E-state index contributed by atoms with van der Waals surface area (Å²) in [5.41, 5.74) is 0.568. The van der Waals surface area contributed by atoms with Crippen LogP contribution in [0.2, 0.25) is 0 Å². The third-order valence-corrected chi connectivity index (χ3v) is 3.88. The molecule has 7 heteroatoms. The van der Waals surface area contributed by atoms with Gasteiger partial charge >= 0.3 is 0 Å². The fraction of sp³-hybridized carbons (Fsp3) is 0.375.